The van der Waals surface area contributed by atoms with Crippen LogP contribution in [0.15, 0.2) is 36.4 Å². The Kier molecular flexibility index (Phi) is 3.41. The highest BCUT2D eigenvalue weighted by Gasteiger charge is 2.28. The summed E-state index contributed by atoms with van der Waals surface area (Å²) in [5, 5.41) is 7.05. The van der Waals surface area contributed by atoms with Crippen molar-refractivity contribution in [2.24, 2.45) is 0 Å². The molecule has 5 nitrogen and oxygen atoms in total. The highest BCUT2D eigenvalue weighted by atomic mass is 16.6. The SMILES string of the molecule is CCn1nc(NC(=O)Oc2ccccc2)cc1C1CC1. The lowest BCUT2D eigenvalue weighted by Crippen LogP contribution is -2.17. The molecule has 0 saturated heterocycles. The van der Waals surface area contributed by atoms with E-state index < -0.39 is 6.09 Å². The molecular formula is C15H17N3O2. The first kappa shape index (κ1) is 12.7. The largest absolute Gasteiger partial charge is 0.418 e. The van der Waals surface area contributed by atoms with Crippen molar-refractivity contribution in [2.75, 3.05) is 5.32 Å². The summed E-state index contributed by atoms with van der Waals surface area (Å²) in [5.74, 6) is 1.67. The van der Waals surface area contributed by atoms with Crippen molar-refractivity contribution in [3.8, 4) is 5.75 Å². The van der Waals surface area contributed by atoms with Crippen LogP contribution in [0.4, 0.5) is 10.6 Å². The van der Waals surface area contributed by atoms with Gasteiger partial charge in [0, 0.05) is 24.2 Å². The van der Waals surface area contributed by atoms with Gasteiger partial charge >= 0.3 is 6.09 Å². The fourth-order valence-corrected chi connectivity index (χ4v) is 2.18. The first-order chi connectivity index (χ1) is 9.76. The highest BCUT2D eigenvalue weighted by molar-refractivity contribution is 5.85. The molecule has 0 atom stereocenters. The van der Waals surface area contributed by atoms with E-state index in [9.17, 15) is 4.79 Å². The molecule has 0 unspecified atom stereocenters. The summed E-state index contributed by atoms with van der Waals surface area (Å²) in [5.41, 5.74) is 1.20. The second kappa shape index (κ2) is 5.36. The van der Waals surface area contributed by atoms with E-state index in [1.54, 1.807) is 12.1 Å². The van der Waals surface area contributed by atoms with Crippen molar-refractivity contribution < 1.29 is 9.53 Å². The number of nitrogens with zero attached hydrogens (tertiary/aromatic N) is 2. The molecular weight excluding hydrogens is 254 g/mol. The summed E-state index contributed by atoms with van der Waals surface area (Å²) >= 11 is 0. The number of para-hydroxylation sites is 1. The van der Waals surface area contributed by atoms with Gasteiger partial charge in [0.15, 0.2) is 5.82 Å². The zero-order valence-corrected chi connectivity index (χ0v) is 11.4. The minimum absolute atomic E-state index is 0.515. The van der Waals surface area contributed by atoms with Crippen LogP contribution in [0.3, 0.4) is 0 Å². The van der Waals surface area contributed by atoms with Crippen molar-refractivity contribution >= 4 is 11.9 Å². The molecule has 1 aliphatic carbocycles. The smallest absolute Gasteiger partial charge is 0.410 e. The first-order valence-electron chi connectivity index (χ1n) is 6.88. The van der Waals surface area contributed by atoms with E-state index >= 15 is 0 Å². The summed E-state index contributed by atoms with van der Waals surface area (Å²) < 4.78 is 7.12. The Morgan fingerprint density at radius 1 is 1.40 bits per heavy atom. The summed E-state index contributed by atoms with van der Waals surface area (Å²) in [6.45, 7) is 2.85. The summed E-state index contributed by atoms with van der Waals surface area (Å²) in [4.78, 5) is 11.8. The van der Waals surface area contributed by atoms with Gasteiger partial charge in [-0.15, -0.1) is 0 Å². The first-order valence-corrected chi connectivity index (χ1v) is 6.88. The molecule has 0 bridgehead atoms. The fraction of sp³-hybridized carbons (Fsp3) is 0.333. The van der Waals surface area contributed by atoms with E-state index in [1.807, 2.05) is 35.9 Å². The van der Waals surface area contributed by atoms with Gasteiger partial charge in [-0.1, -0.05) is 18.2 Å². The van der Waals surface area contributed by atoms with Crippen molar-refractivity contribution in [3.05, 3.63) is 42.1 Å². The Balaban J connectivity index is 1.66. The molecule has 1 amide bonds. The predicted molar refractivity (Wildman–Crippen MR) is 76.0 cm³/mol. The van der Waals surface area contributed by atoms with Gasteiger partial charge < -0.3 is 4.74 Å². The van der Waals surface area contributed by atoms with Gasteiger partial charge in [0.05, 0.1) is 0 Å². The van der Waals surface area contributed by atoms with Crippen LogP contribution in [-0.4, -0.2) is 15.9 Å². The van der Waals surface area contributed by atoms with E-state index in [-0.39, 0.29) is 0 Å². The third kappa shape index (κ3) is 2.82. The number of hydrogen-bond donors (Lipinski definition) is 1. The number of carbonyl (C=O) groups excluding carboxylic acids is 1. The molecule has 0 radical (unpaired) electrons. The van der Waals surface area contributed by atoms with E-state index in [2.05, 4.69) is 10.4 Å². The predicted octanol–water partition coefficient (Wildman–Crippen LogP) is 3.39. The lowest BCUT2D eigenvalue weighted by molar-refractivity contribution is 0.215. The van der Waals surface area contributed by atoms with Crippen LogP contribution in [0.5, 0.6) is 5.75 Å². The Morgan fingerprint density at radius 2 is 2.15 bits per heavy atom. The lowest BCUT2D eigenvalue weighted by Gasteiger charge is -2.03. The molecule has 5 heteroatoms. The van der Waals surface area contributed by atoms with Gasteiger partial charge in [0.2, 0.25) is 0 Å². The van der Waals surface area contributed by atoms with Crippen molar-refractivity contribution in [1.29, 1.82) is 0 Å². The fourth-order valence-electron chi connectivity index (χ4n) is 2.18. The van der Waals surface area contributed by atoms with Gasteiger partial charge in [0.1, 0.15) is 5.75 Å². The number of rotatable bonds is 4. The van der Waals surface area contributed by atoms with Gasteiger partial charge in [-0.3, -0.25) is 10.00 Å². The van der Waals surface area contributed by atoms with Crippen LogP contribution in [0.1, 0.15) is 31.4 Å². The normalized spacial score (nSPS) is 14.1. The van der Waals surface area contributed by atoms with Crippen molar-refractivity contribution in [2.45, 2.75) is 32.2 Å². The minimum atomic E-state index is -0.515. The number of benzene rings is 1. The zero-order valence-electron chi connectivity index (χ0n) is 11.4. The number of nitrogens with one attached hydrogen (secondary N) is 1. The highest BCUT2D eigenvalue weighted by Crippen LogP contribution is 2.40. The maximum atomic E-state index is 11.8. The second-order valence-electron chi connectivity index (χ2n) is 4.87. The van der Waals surface area contributed by atoms with Crippen molar-refractivity contribution in [3.63, 3.8) is 0 Å². The molecule has 20 heavy (non-hydrogen) atoms. The molecule has 0 aliphatic heterocycles. The molecule has 2 aromatic rings. The summed E-state index contributed by atoms with van der Waals surface area (Å²) in [6, 6.07) is 10.9. The van der Waals surface area contributed by atoms with E-state index in [0.717, 1.165) is 6.54 Å². The molecule has 104 valence electrons. The van der Waals surface area contributed by atoms with Crippen LogP contribution in [0.2, 0.25) is 0 Å². The second-order valence-corrected chi connectivity index (χ2v) is 4.87. The summed E-state index contributed by atoms with van der Waals surface area (Å²) in [6.07, 6.45) is 1.90. The van der Waals surface area contributed by atoms with E-state index in [0.29, 0.717) is 17.5 Å². The molecule has 1 aromatic heterocycles. The van der Waals surface area contributed by atoms with Crippen LogP contribution in [0, 0.1) is 0 Å². The average Bonchev–Trinajstić information content (AvgIpc) is 3.21. The molecule has 1 saturated carbocycles. The lowest BCUT2D eigenvalue weighted by atomic mass is 10.3. The van der Waals surface area contributed by atoms with Crippen molar-refractivity contribution in [1.82, 2.24) is 9.78 Å². The Labute approximate surface area is 117 Å². The third-order valence-corrected chi connectivity index (χ3v) is 3.29. The molecule has 1 aliphatic rings. The number of aryl methyl sites for hydroxylation is 1. The Bertz CT molecular complexity index is 603. The van der Waals surface area contributed by atoms with Crippen LogP contribution in [-0.2, 0) is 6.54 Å². The number of aromatic nitrogens is 2. The van der Waals surface area contributed by atoms with Crippen LogP contribution >= 0.6 is 0 Å². The number of ether oxygens (including phenoxy) is 1. The average molecular weight is 271 g/mol. The number of hydrogen-bond acceptors (Lipinski definition) is 3. The van der Waals surface area contributed by atoms with Gasteiger partial charge in [0.25, 0.3) is 0 Å². The zero-order chi connectivity index (χ0) is 13.9. The van der Waals surface area contributed by atoms with E-state index in [1.165, 1.54) is 18.5 Å². The molecule has 1 heterocycles. The standard InChI is InChI=1S/C15H17N3O2/c1-2-18-13(11-8-9-11)10-14(17-18)16-15(19)20-12-6-4-3-5-7-12/h3-7,10-11H,2,8-9H2,1H3,(H,16,17,19). The molecule has 0 spiro atoms. The van der Waals surface area contributed by atoms with Crippen LogP contribution in [0.25, 0.3) is 0 Å². The summed E-state index contributed by atoms with van der Waals surface area (Å²) in [7, 11) is 0. The van der Waals surface area contributed by atoms with Gasteiger partial charge in [-0.25, -0.2) is 4.79 Å². The van der Waals surface area contributed by atoms with Gasteiger partial charge in [-0.05, 0) is 31.9 Å². The maximum Gasteiger partial charge on any atom is 0.418 e. The molecule has 1 N–H and O–H groups in total. The van der Waals surface area contributed by atoms with E-state index in [4.69, 9.17) is 4.74 Å². The number of amides is 1. The topological polar surface area (TPSA) is 56.2 Å². The van der Waals surface area contributed by atoms with Gasteiger partial charge in [-0.2, -0.15) is 5.10 Å². The number of carbonyl (C=O) groups is 1. The molecule has 3 rings (SSSR count). The third-order valence-electron chi connectivity index (χ3n) is 3.29. The Morgan fingerprint density at radius 3 is 2.80 bits per heavy atom. The van der Waals surface area contributed by atoms with Crippen LogP contribution < -0.4 is 10.1 Å². The number of anilines is 1. The molecule has 1 aromatic carbocycles. The monoisotopic (exact) mass is 271 g/mol. The Hall–Kier alpha value is -2.30. The maximum absolute atomic E-state index is 11.8. The quantitative estimate of drug-likeness (QED) is 0.927. The minimum Gasteiger partial charge on any atom is -0.410 e. The molecule has 1 fully saturated rings.